The SMILES string of the molecule is Oc1ccc(C(O)C2CCCCC2)cc1O. The van der Waals surface area contributed by atoms with Crippen LogP contribution in [-0.4, -0.2) is 15.3 Å². The topological polar surface area (TPSA) is 60.7 Å². The van der Waals surface area contributed by atoms with Crippen molar-refractivity contribution in [3.8, 4) is 11.5 Å². The molecule has 3 heteroatoms. The van der Waals surface area contributed by atoms with Crippen molar-refractivity contribution in [2.75, 3.05) is 0 Å². The van der Waals surface area contributed by atoms with Crippen molar-refractivity contribution >= 4 is 0 Å². The number of hydrogen-bond donors (Lipinski definition) is 3. The molecule has 0 heterocycles. The van der Waals surface area contributed by atoms with E-state index in [0.717, 1.165) is 12.8 Å². The largest absolute Gasteiger partial charge is 0.504 e. The minimum Gasteiger partial charge on any atom is -0.504 e. The van der Waals surface area contributed by atoms with Crippen LogP contribution in [0.3, 0.4) is 0 Å². The highest BCUT2D eigenvalue weighted by Gasteiger charge is 2.23. The second kappa shape index (κ2) is 4.74. The van der Waals surface area contributed by atoms with Crippen LogP contribution in [0.1, 0.15) is 43.8 Å². The van der Waals surface area contributed by atoms with E-state index in [4.69, 9.17) is 0 Å². The molecule has 1 aliphatic carbocycles. The molecule has 0 radical (unpaired) electrons. The number of aromatic hydroxyl groups is 2. The standard InChI is InChI=1S/C13H18O3/c14-11-7-6-10(8-12(11)15)13(16)9-4-2-1-3-5-9/h6-9,13-16H,1-5H2. The number of aliphatic hydroxyl groups excluding tert-OH is 1. The summed E-state index contributed by atoms with van der Waals surface area (Å²) < 4.78 is 0. The maximum absolute atomic E-state index is 10.2. The summed E-state index contributed by atoms with van der Waals surface area (Å²) in [7, 11) is 0. The van der Waals surface area contributed by atoms with Crippen LogP contribution in [-0.2, 0) is 0 Å². The van der Waals surface area contributed by atoms with Crippen molar-refractivity contribution in [3.05, 3.63) is 23.8 Å². The molecule has 1 aliphatic rings. The third-order valence-corrected chi connectivity index (χ3v) is 3.44. The summed E-state index contributed by atoms with van der Waals surface area (Å²) in [6, 6.07) is 4.56. The molecule has 1 aromatic rings. The molecule has 3 nitrogen and oxygen atoms in total. The number of hydrogen-bond acceptors (Lipinski definition) is 3. The van der Waals surface area contributed by atoms with Crippen LogP contribution in [0.2, 0.25) is 0 Å². The van der Waals surface area contributed by atoms with Crippen LogP contribution in [0, 0.1) is 5.92 Å². The molecule has 3 N–H and O–H groups in total. The summed E-state index contributed by atoms with van der Waals surface area (Å²) in [5, 5.41) is 28.8. The van der Waals surface area contributed by atoms with E-state index in [0.29, 0.717) is 5.56 Å². The summed E-state index contributed by atoms with van der Waals surface area (Å²) in [5.41, 5.74) is 0.696. The molecule has 0 bridgehead atoms. The Balaban J connectivity index is 2.12. The van der Waals surface area contributed by atoms with Gasteiger partial charge in [0.1, 0.15) is 0 Å². The van der Waals surface area contributed by atoms with Crippen LogP contribution in [0.5, 0.6) is 11.5 Å². The summed E-state index contributed by atoms with van der Waals surface area (Å²) in [6.07, 6.45) is 5.17. The molecule has 88 valence electrons. The number of benzene rings is 1. The number of phenols is 2. The smallest absolute Gasteiger partial charge is 0.157 e. The predicted molar refractivity (Wildman–Crippen MR) is 61.3 cm³/mol. The lowest BCUT2D eigenvalue weighted by atomic mass is 9.83. The van der Waals surface area contributed by atoms with E-state index in [9.17, 15) is 15.3 Å². The predicted octanol–water partition coefficient (Wildman–Crippen LogP) is 2.71. The van der Waals surface area contributed by atoms with E-state index < -0.39 is 6.10 Å². The van der Waals surface area contributed by atoms with Crippen LogP contribution in [0.15, 0.2) is 18.2 Å². The van der Waals surface area contributed by atoms with Gasteiger partial charge in [0.2, 0.25) is 0 Å². The fourth-order valence-electron chi connectivity index (χ4n) is 2.45. The van der Waals surface area contributed by atoms with E-state index in [1.807, 2.05) is 0 Å². The third kappa shape index (κ3) is 2.30. The maximum atomic E-state index is 10.2. The van der Waals surface area contributed by atoms with E-state index in [1.165, 1.54) is 31.4 Å². The van der Waals surface area contributed by atoms with E-state index in [2.05, 4.69) is 0 Å². The van der Waals surface area contributed by atoms with Gasteiger partial charge >= 0.3 is 0 Å². The molecule has 1 unspecified atom stereocenters. The highest BCUT2D eigenvalue weighted by atomic mass is 16.3. The number of phenolic OH excluding ortho intramolecular Hbond substituents is 2. The van der Waals surface area contributed by atoms with E-state index in [1.54, 1.807) is 6.07 Å². The molecule has 0 aliphatic heterocycles. The first-order valence-corrected chi connectivity index (χ1v) is 5.88. The quantitative estimate of drug-likeness (QED) is 0.674. The van der Waals surface area contributed by atoms with Crippen molar-refractivity contribution in [2.24, 2.45) is 5.92 Å². The Kier molecular flexibility index (Phi) is 3.34. The van der Waals surface area contributed by atoms with Gasteiger partial charge in [-0.05, 0) is 36.5 Å². The lowest BCUT2D eigenvalue weighted by molar-refractivity contribution is 0.0846. The van der Waals surface area contributed by atoms with Gasteiger partial charge in [0.15, 0.2) is 11.5 Å². The molecule has 0 spiro atoms. The van der Waals surface area contributed by atoms with Crippen LogP contribution >= 0.6 is 0 Å². The van der Waals surface area contributed by atoms with Crippen molar-refractivity contribution in [1.82, 2.24) is 0 Å². The Labute approximate surface area is 95.4 Å². The molecule has 2 rings (SSSR count). The van der Waals surface area contributed by atoms with Gasteiger partial charge in [0, 0.05) is 0 Å². The summed E-state index contributed by atoms with van der Waals surface area (Å²) in [6.45, 7) is 0. The molecular weight excluding hydrogens is 204 g/mol. The van der Waals surface area contributed by atoms with Gasteiger partial charge in [0.05, 0.1) is 6.10 Å². The zero-order chi connectivity index (χ0) is 11.5. The molecule has 16 heavy (non-hydrogen) atoms. The number of aliphatic hydroxyl groups is 1. The van der Waals surface area contributed by atoms with Crippen molar-refractivity contribution in [3.63, 3.8) is 0 Å². The number of rotatable bonds is 2. The van der Waals surface area contributed by atoms with Gasteiger partial charge in [-0.2, -0.15) is 0 Å². The molecule has 0 aromatic heterocycles. The highest BCUT2D eigenvalue weighted by molar-refractivity contribution is 5.41. The van der Waals surface area contributed by atoms with Gasteiger partial charge in [-0.3, -0.25) is 0 Å². The van der Waals surface area contributed by atoms with Crippen LogP contribution in [0.25, 0.3) is 0 Å². The first kappa shape index (κ1) is 11.3. The first-order chi connectivity index (χ1) is 7.68. The highest BCUT2D eigenvalue weighted by Crippen LogP contribution is 2.36. The molecule has 1 atom stereocenters. The van der Waals surface area contributed by atoms with Crippen LogP contribution < -0.4 is 0 Å². The van der Waals surface area contributed by atoms with Crippen LogP contribution in [0.4, 0.5) is 0 Å². The van der Waals surface area contributed by atoms with E-state index in [-0.39, 0.29) is 17.4 Å². The Hall–Kier alpha value is -1.22. The molecular formula is C13H18O3. The molecule has 1 aromatic carbocycles. The van der Waals surface area contributed by atoms with Gasteiger partial charge in [-0.1, -0.05) is 25.3 Å². The summed E-state index contributed by atoms with van der Waals surface area (Å²) in [5.74, 6) is -0.00959. The Bertz CT molecular complexity index is 356. The summed E-state index contributed by atoms with van der Waals surface area (Å²) in [4.78, 5) is 0. The fraction of sp³-hybridized carbons (Fsp3) is 0.538. The van der Waals surface area contributed by atoms with Gasteiger partial charge in [-0.15, -0.1) is 0 Å². The molecule has 1 saturated carbocycles. The Morgan fingerprint density at radius 3 is 2.31 bits per heavy atom. The Morgan fingerprint density at radius 1 is 1.00 bits per heavy atom. The van der Waals surface area contributed by atoms with Crippen molar-refractivity contribution < 1.29 is 15.3 Å². The third-order valence-electron chi connectivity index (χ3n) is 3.44. The monoisotopic (exact) mass is 222 g/mol. The summed E-state index contributed by atoms with van der Waals surface area (Å²) >= 11 is 0. The van der Waals surface area contributed by atoms with Crippen molar-refractivity contribution in [2.45, 2.75) is 38.2 Å². The lowest BCUT2D eigenvalue weighted by Gasteiger charge is -2.26. The second-order valence-electron chi connectivity index (χ2n) is 4.59. The van der Waals surface area contributed by atoms with E-state index >= 15 is 0 Å². The minimum absolute atomic E-state index is 0.139. The zero-order valence-electron chi connectivity index (χ0n) is 9.26. The lowest BCUT2D eigenvalue weighted by Crippen LogP contribution is -2.15. The molecule has 1 fully saturated rings. The van der Waals surface area contributed by atoms with Gasteiger partial charge < -0.3 is 15.3 Å². The average molecular weight is 222 g/mol. The molecule has 0 amide bonds. The normalized spacial score (nSPS) is 19.6. The average Bonchev–Trinajstić information content (AvgIpc) is 2.33. The van der Waals surface area contributed by atoms with Gasteiger partial charge in [0.25, 0.3) is 0 Å². The van der Waals surface area contributed by atoms with Crippen molar-refractivity contribution in [1.29, 1.82) is 0 Å². The fourth-order valence-corrected chi connectivity index (χ4v) is 2.45. The molecule has 0 saturated heterocycles. The second-order valence-corrected chi connectivity index (χ2v) is 4.59. The first-order valence-electron chi connectivity index (χ1n) is 5.88. The van der Waals surface area contributed by atoms with Gasteiger partial charge in [-0.25, -0.2) is 0 Å². The maximum Gasteiger partial charge on any atom is 0.157 e. The Morgan fingerprint density at radius 2 is 1.69 bits per heavy atom. The minimum atomic E-state index is -0.521. The zero-order valence-corrected chi connectivity index (χ0v) is 9.26.